The number of rotatable bonds is 2. The Kier molecular flexibility index (Phi) is 3.12. The summed E-state index contributed by atoms with van der Waals surface area (Å²) in [5, 5.41) is 12.9. The second kappa shape index (κ2) is 4.13. The predicted molar refractivity (Wildman–Crippen MR) is 56.5 cm³/mol. The van der Waals surface area contributed by atoms with Gasteiger partial charge in [0, 0.05) is 0 Å². The molecular formula is C11H15NO2. The van der Waals surface area contributed by atoms with Crippen molar-refractivity contribution in [1.29, 1.82) is 0 Å². The van der Waals surface area contributed by atoms with E-state index >= 15 is 0 Å². The summed E-state index contributed by atoms with van der Waals surface area (Å²) >= 11 is 0. The first-order valence-electron chi connectivity index (χ1n) is 4.48. The van der Waals surface area contributed by atoms with Crippen LogP contribution in [-0.4, -0.2) is 16.9 Å². The maximum atomic E-state index is 9.04. The molecule has 0 heterocycles. The second-order valence-corrected chi connectivity index (χ2v) is 4.03. The molecule has 0 bridgehead atoms. The highest BCUT2D eigenvalue weighted by molar-refractivity contribution is 5.79. The van der Waals surface area contributed by atoms with Crippen LogP contribution in [0.4, 0.5) is 0 Å². The van der Waals surface area contributed by atoms with E-state index in [0.29, 0.717) is 0 Å². The lowest BCUT2D eigenvalue weighted by Crippen LogP contribution is -2.15. The van der Waals surface area contributed by atoms with E-state index in [1.807, 2.05) is 20.8 Å². The smallest absolute Gasteiger partial charge is 0.129 e. The Morgan fingerprint density at radius 3 is 2.29 bits per heavy atom. The molecule has 0 aromatic heterocycles. The molecule has 0 saturated heterocycles. The minimum absolute atomic E-state index is 0.249. The van der Waals surface area contributed by atoms with Crippen molar-refractivity contribution in [1.82, 2.24) is 0 Å². The maximum absolute atomic E-state index is 9.04. The van der Waals surface area contributed by atoms with Crippen molar-refractivity contribution in [2.45, 2.75) is 26.4 Å². The van der Waals surface area contributed by atoms with Crippen LogP contribution in [0, 0.1) is 0 Å². The average molecular weight is 193 g/mol. The number of nitrogens with zero attached hydrogens (tertiary/aromatic N) is 1. The molecule has 0 unspecified atom stereocenters. The fourth-order valence-corrected chi connectivity index (χ4v) is 0.806. The Morgan fingerprint density at radius 1 is 1.21 bits per heavy atom. The van der Waals surface area contributed by atoms with Gasteiger partial charge in [-0.05, 0) is 50.6 Å². The van der Waals surface area contributed by atoms with E-state index in [-0.39, 0.29) is 11.4 Å². The van der Waals surface area contributed by atoms with E-state index in [1.54, 1.807) is 30.5 Å². The van der Waals surface area contributed by atoms with Gasteiger partial charge in [0.25, 0.3) is 0 Å². The van der Waals surface area contributed by atoms with Gasteiger partial charge in [0.15, 0.2) is 0 Å². The number of hydrogen-bond acceptors (Lipinski definition) is 3. The van der Waals surface area contributed by atoms with Crippen molar-refractivity contribution >= 4 is 6.21 Å². The quantitative estimate of drug-likeness (QED) is 0.579. The standard InChI is InChI=1S/C11H15NO2/c1-11(2,3)14-12-8-9-4-6-10(13)7-5-9/h4-8,13H,1-3H3/b12-8+. The van der Waals surface area contributed by atoms with Gasteiger partial charge in [0.1, 0.15) is 11.4 Å². The summed E-state index contributed by atoms with van der Waals surface area (Å²) in [6, 6.07) is 6.76. The third-order valence-corrected chi connectivity index (χ3v) is 1.42. The van der Waals surface area contributed by atoms with E-state index < -0.39 is 0 Å². The fraction of sp³-hybridized carbons (Fsp3) is 0.364. The van der Waals surface area contributed by atoms with Crippen LogP contribution in [0.5, 0.6) is 5.75 Å². The summed E-state index contributed by atoms with van der Waals surface area (Å²) in [5.41, 5.74) is 0.625. The van der Waals surface area contributed by atoms with Crippen molar-refractivity contribution in [2.75, 3.05) is 0 Å². The second-order valence-electron chi connectivity index (χ2n) is 4.03. The average Bonchev–Trinajstić information content (AvgIpc) is 2.06. The van der Waals surface area contributed by atoms with E-state index in [2.05, 4.69) is 5.16 Å². The van der Waals surface area contributed by atoms with Crippen molar-refractivity contribution < 1.29 is 9.94 Å². The Bertz CT molecular complexity index is 309. The number of hydrogen-bond donors (Lipinski definition) is 1. The van der Waals surface area contributed by atoms with E-state index in [1.165, 1.54) is 0 Å². The highest BCUT2D eigenvalue weighted by atomic mass is 16.6. The largest absolute Gasteiger partial charge is 0.508 e. The van der Waals surface area contributed by atoms with Crippen LogP contribution in [0.15, 0.2) is 29.4 Å². The van der Waals surface area contributed by atoms with Gasteiger partial charge in [-0.1, -0.05) is 5.16 Å². The molecular weight excluding hydrogens is 178 g/mol. The van der Waals surface area contributed by atoms with Gasteiger partial charge < -0.3 is 9.94 Å². The third kappa shape index (κ3) is 3.94. The van der Waals surface area contributed by atoms with Crippen LogP contribution in [0.25, 0.3) is 0 Å². The summed E-state index contributed by atoms with van der Waals surface area (Å²) in [7, 11) is 0. The number of aromatic hydroxyl groups is 1. The van der Waals surface area contributed by atoms with Crippen LogP contribution in [0.1, 0.15) is 26.3 Å². The first-order valence-corrected chi connectivity index (χ1v) is 4.48. The van der Waals surface area contributed by atoms with Crippen LogP contribution in [-0.2, 0) is 4.84 Å². The maximum Gasteiger partial charge on any atom is 0.129 e. The third-order valence-electron chi connectivity index (χ3n) is 1.42. The summed E-state index contributed by atoms with van der Waals surface area (Å²) in [4.78, 5) is 5.17. The Labute approximate surface area is 84.0 Å². The minimum Gasteiger partial charge on any atom is -0.508 e. The summed E-state index contributed by atoms with van der Waals surface area (Å²) in [5.74, 6) is 0.249. The van der Waals surface area contributed by atoms with E-state index in [4.69, 9.17) is 9.94 Å². The molecule has 0 fully saturated rings. The summed E-state index contributed by atoms with van der Waals surface area (Å²) in [6.07, 6.45) is 1.62. The molecule has 3 heteroatoms. The van der Waals surface area contributed by atoms with Gasteiger partial charge in [-0.15, -0.1) is 0 Å². The highest BCUT2D eigenvalue weighted by Gasteiger charge is 2.08. The molecule has 1 N–H and O–H groups in total. The Balaban J connectivity index is 2.57. The van der Waals surface area contributed by atoms with Gasteiger partial charge in [0.2, 0.25) is 0 Å². The number of phenolic OH excluding ortho intramolecular Hbond substituents is 1. The minimum atomic E-state index is -0.270. The zero-order valence-electron chi connectivity index (χ0n) is 8.69. The van der Waals surface area contributed by atoms with Crippen LogP contribution >= 0.6 is 0 Å². The lowest BCUT2D eigenvalue weighted by atomic mass is 10.2. The zero-order valence-corrected chi connectivity index (χ0v) is 8.69. The molecule has 1 aromatic rings. The predicted octanol–water partition coefficient (Wildman–Crippen LogP) is 2.54. The molecule has 0 spiro atoms. The van der Waals surface area contributed by atoms with Gasteiger partial charge in [-0.3, -0.25) is 0 Å². The van der Waals surface area contributed by atoms with Crippen LogP contribution < -0.4 is 0 Å². The van der Waals surface area contributed by atoms with Crippen molar-refractivity contribution in [3.8, 4) is 5.75 Å². The molecule has 14 heavy (non-hydrogen) atoms. The molecule has 0 amide bonds. The van der Waals surface area contributed by atoms with Gasteiger partial charge >= 0.3 is 0 Å². The van der Waals surface area contributed by atoms with Crippen LogP contribution in [0.2, 0.25) is 0 Å². The molecule has 0 aliphatic rings. The lowest BCUT2D eigenvalue weighted by molar-refractivity contribution is 0.00199. The summed E-state index contributed by atoms with van der Waals surface area (Å²) < 4.78 is 0. The molecule has 1 aromatic carbocycles. The first kappa shape index (κ1) is 10.6. The van der Waals surface area contributed by atoms with Gasteiger partial charge in [-0.2, -0.15) is 0 Å². The Hall–Kier alpha value is -1.51. The molecule has 0 aliphatic heterocycles. The molecule has 3 nitrogen and oxygen atoms in total. The molecule has 76 valence electrons. The Morgan fingerprint density at radius 2 is 1.79 bits per heavy atom. The highest BCUT2D eigenvalue weighted by Crippen LogP contribution is 2.09. The number of phenols is 1. The van der Waals surface area contributed by atoms with Gasteiger partial charge in [0.05, 0.1) is 6.21 Å². The number of oxime groups is 1. The molecule has 0 saturated carbocycles. The monoisotopic (exact) mass is 193 g/mol. The zero-order chi connectivity index (χ0) is 10.6. The first-order chi connectivity index (χ1) is 6.47. The van der Waals surface area contributed by atoms with Crippen molar-refractivity contribution in [2.24, 2.45) is 5.16 Å². The van der Waals surface area contributed by atoms with E-state index in [0.717, 1.165) is 5.56 Å². The van der Waals surface area contributed by atoms with Crippen LogP contribution in [0.3, 0.4) is 0 Å². The molecule has 0 atom stereocenters. The van der Waals surface area contributed by atoms with Gasteiger partial charge in [-0.25, -0.2) is 0 Å². The normalized spacial score (nSPS) is 11.9. The lowest BCUT2D eigenvalue weighted by Gasteiger charge is -2.14. The number of benzene rings is 1. The summed E-state index contributed by atoms with van der Waals surface area (Å²) in [6.45, 7) is 5.80. The van der Waals surface area contributed by atoms with Crippen molar-refractivity contribution in [3.05, 3.63) is 29.8 Å². The topological polar surface area (TPSA) is 41.8 Å². The molecule has 0 aliphatic carbocycles. The molecule has 0 radical (unpaired) electrons. The van der Waals surface area contributed by atoms with E-state index in [9.17, 15) is 0 Å². The fourth-order valence-electron chi connectivity index (χ4n) is 0.806. The van der Waals surface area contributed by atoms with Crippen molar-refractivity contribution in [3.63, 3.8) is 0 Å². The molecule has 1 rings (SSSR count). The SMILES string of the molecule is CC(C)(C)O/N=C/c1ccc(O)cc1.